The molecule has 14 heavy (non-hydrogen) atoms. The second-order valence-corrected chi connectivity index (χ2v) is 3.27. The van der Waals surface area contributed by atoms with E-state index in [1.165, 1.54) is 0 Å². The molecule has 0 aliphatic carbocycles. The van der Waals surface area contributed by atoms with Gasteiger partial charge < -0.3 is 10.6 Å². The zero-order valence-corrected chi connectivity index (χ0v) is 8.58. The van der Waals surface area contributed by atoms with Crippen molar-refractivity contribution < 1.29 is 4.79 Å². The molecule has 76 valence electrons. The van der Waals surface area contributed by atoms with Crippen molar-refractivity contribution in [2.24, 2.45) is 0 Å². The minimum Gasteiger partial charge on any atom is -0.335 e. The first-order chi connectivity index (χ1) is 6.72. The van der Waals surface area contributed by atoms with Gasteiger partial charge in [0.25, 0.3) is 0 Å². The van der Waals surface area contributed by atoms with Gasteiger partial charge in [0.05, 0.1) is 0 Å². The first-order valence-electron chi connectivity index (χ1n) is 4.85. The Bertz CT molecular complexity index is 285. The van der Waals surface area contributed by atoms with E-state index in [0.717, 1.165) is 12.1 Å². The second kappa shape index (κ2) is 5.27. The molecule has 0 aliphatic rings. The number of hydrogen-bond donors (Lipinski definition) is 2. The molecule has 1 rings (SSSR count). The smallest absolute Gasteiger partial charge is 0.319 e. The van der Waals surface area contributed by atoms with Gasteiger partial charge >= 0.3 is 6.03 Å². The van der Waals surface area contributed by atoms with E-state index in [1.54, 1.807) is 0 Å². The summed E-state index contributed by atoms with van der Waals surface area (Å²) in [5, 5.41) is 5.59. The molecule has 0 radical (unpaired) electrons. The van der Waals surface area contributed by atoms with Crippen LogP contribution in [0.5, 0.6) is 0 Å². The number of urea groups is 1. The van der Waals surface area contributed by atoms with Gasteiger partial charge in [0.2, 0.25) is 0 Å². The molecule has 0 aliphatic heterocycles. The van der Waals surface area contributed by atoms with E-state index in [9.17, 15) is 4.79 Å². The number of hydrogen-bond acceptors (Lipinski definition) is 1. The second-order valence-electron chi connectivity index (χ2n) is 3.27. The van der Waals surface area contributed by atoms with Gasteiger partial charge in [-0.3, -0.25) is 0 Å². The van der Waals surface area contributed by atoms with Crippen LogP contribution in [0.3, 0.4) is 0 Å². The van der Waals surface area contributed by atoms with Crippen LogP contribution in [0.1, 0.15) is 20.3 Å². The molecule has 1 aromatic carbocycles. The lowest BCUT2D eigenvalue weighted by molar-refractivity contribution is 0.249. The summed E-state index contributed by atoms with van der Waals surface area (Å²) < 4.78 is 0. The van der Waals surface area contributed by atoms with Crippen LogP contribution in [0.25, 0.3) is 0 Å². The van der Waals surface area contributed by atoms with Crippen LogP contribution in [0, 0.1) is 0 Å². The van der Waals surface area contributed by atoms with Crippen molar-refractivity contribution in [2.75, 3.05) is 5.32 Å². The van der Waals surface area contributed by atoms with Crippen LogP contribution in [0.15, 0.2) is 30.3 Å². The summed E-state index contributed by atoms with van der Waals surface area (Å²) in [4.78, 5) is 11.4. The molecule has 0 bridgehead atoms. The van der Waals surface area contributed by atoms with Crippen LogP contribution in [0.2, 0.25) is 0 Å². The molecule has 0 aromatic heterocycles. The van der Waals surface area contributed by atoms with E-state index < -0.39 is 0 Å². The average molecular weight is 192 g/mol. The first-order valence-corrected chi connectivity index (χ1v) is 4.85. The summed E-state index contributed by atoms with van der Waals surface area (Å²) in [6.45, 7) is 4.01. The van der Waals surface area contributed by atoms with E-state index in [1.807, 2.05) is 44.2 Å². The summed E-state index contributed by atoms with van der Waals surface area (Å²) in [5.41, 5.74) is 0.813. The molecule has 0 fully saturated rings. The van der Waals surface area contributed by atoms with Crippen LogP contribution in [-0.4, -0.2) is 12.1 Å². The molecule has 2 N–H and O–H groups in total. The molecule has 1 atom stereocenters. The third-order valence-corrected chi connectivity index (χ3v) is 2.02. The molecule has 0 spiro atoms. The van der Waals surface area contributed by atoms with Crippen molar-refractivity contribution in [3.05, 3.63) is 30.3 Å². The van der Waals surface area contributed by atoms with Crippen LogP contribution < -0.4 is 10.6 Å². The van der Waals surface area contributed by atoms with E-state index >= 15 is 0 Å². The highest BCUT2D eigenvalue weighted by atomic mass is 16.2. The largest absolute Gasteiger partial charge is 0.335 e. The monoisotopic (exact) mass is 192 g/mol. The van der Waals surface area contributed by atoms with E-state index in [-0.39, 0.29) is 12.1 Å². The predicted molar refractivity (Wildman–Crippen MR) is 58.3 cm³/mol. The topological polar surface area (TPSA) is 41.1 Å². The number of benzene rings is 1. The molecule has 1 aromatic rings. The molecule has 3 nitrogen and oxygen atoms in total. The Labute approximate surface area is 84.5 Å². The summed E-state index contributed by atoms with van der Waals surface area (Å²) in [7, 11) is 0. The fourth-order valence-corrected chi connectivity index (χ4v) is 1.01. The fraction of sp³-hybridized carbons (Fsp3) is 0.364. The minimum atomic E-state index is -0.148. The quantitative estimate of drug-likeness (QED) is 0.759. The first kappa shape index (κ1) is 10.6. The van der Waals surface area contributed by atoms with E-state index in [2.05, 4.69) is 10.6 Å². The molecule has 3 heteroatoms. The number of rotatable bonds is 3. The average Bonchev–Trinajstić information content (AvgIpc) is 2.19. The van der Waals surface area contributed by atoms with Gasteiger partial charge in [0, 0.05) is 11.7 Å². The minimum absolute atomic E-state index is 0.148. The molecular weight excluding hydrogens is 176 g/mol. The van der Waals surface area contributed by atoms with Crippen molar-refractivity contribution in [3.63, 3.8) is 0 Å². The van der Waals surface area contributed by atoms with Crippen molar-refractivity contribution in [1.29, 1.82) is 0 Å². The Morgan fingerprint density at radius 2 is 2.00 bits per heavy atom. The zero-order chi connectivity index (χ0) is 10.4. The van der Waals surface area contributed by atoms with Gasteiger partial charge in [0.1, 0.15) is 0 Å². The molecule has 0 saturated carbocycles. The van der Waals surface area contributed by atoms with Crippen LogP contribution >= 0.6 is 0 Å². The SMILES string of the molecule is CC[C@H](C)NC(=O)Nc1ccccc1. The van der Waals surface area contributed by atoms with Crippen molar-refractivity contribution in [1.82, 2.24) is 5.32 Å². The number of amides is 2. The summed E-state index contributed by atoms with van der Waals surface area (Å²) in [5.74, 6) is 0. The van der Waals surface area contributed by atoms with Gasteiger partial charge in [0.15, 0.2) is 0 Å². The molecule has 2 amide bonds. The summed E-state index contributed by atoms with van der Waals surface area (Å²) >= 11 is 0. The molecular formula is C11H16N2O. The number of carbonyl (C=O) groups is 1. The Morgan fingerprint density at radius 3 is 2.57 bits per heavy atom. The highest BCUT2D eigenvalue weighted by Crippen LogP contribution is 2.04. The van der Waals surface area contributed by atoms with Gasteiger partial charge in [-0.15, -0.1) is 0 Å². The van der Waals surface area contributed by atoms with Crippen LogP contribution in [0.4, 0.5) is 10.5 Å². The Kier molecular flexibility index (Phi) is 3.98. The number of carbonyl (C=O) groups excluding carboxylic acids is 1. The van der Waals surface area contributed by atoms with Gasteiger partial charge in [-0.1, -0.05) is 25.1 Å². The third kappa shape index (κ3) is 3.47. The van der Waals surface area contributed by atoms with Crippen molar-refractivity contribution in [3.8, 4) is 0 Å². The summed E-state index contributed by atoms with van der Waals surface area (Å²) in [6.07, 6.45) is 0.933. The molecule has 0 saturated heterocycles. The van der Waals surface area contributed by atoms with Crippen molar-refractivity contribution in [2.45, 2.75) is 26.3 Å². The number of anilines is 1. The number of para-hydroxylation sites is 1. The highest BCUT2D eigenvalue weighted by molar-refractivity contribution is 5.89. The molecule has 0 unspecified atom stereocenters. The highest BCUT2D eigenvalue weighted by Gasteiger charge is 2.04. The predicted octanol–water partition coefficient (Wildman–Crippen LogP) is 2.61. The zero-order valence-electron chi connectivity index (χ0n) is 8.58. The maximum atomic E-state index is 11.4. The fourth-order valence-electron chi connectivity index (χ4n) is 1.01. The van der Waals surface area contributed by atoms with Crippen molar-refractivity contribution >= 4 is 11.7 Å². The Balaban J connectivity index is 2.42. The Hall–Kier alpha value is -1.51. The van der Waals surface area contributed by atoms with Gasteiger partial charge in [-0.05, 0) is 25.5 Å². The summed E-state index contributed by atoms with van der Waals surface area (Å²) in [6, 6.07) is 9.46. The number of nitrogens with one attached hydrogen (secondary N) is 2. The van der Waals surface area contributed by atoms with Crippen LogP contribution in [-0.2, 0) is 0 Å². The van der Waals surface area contributed by atoms with Gasteiger partial charge in [-0.2, -0.15) is 0 Å². The maximum absolute atomic E-state index is 11.4. The standard InChI is InChI=1S/C11H16N2O/c1-3-9(2)12-11(14)13-10-7-5-4-6-8-10/h4-9H,3H2,1-2H3,(H2,12,13,14)/t9-/m0/s1. The van der Waals surface area contributed by atoms with E-state index in [0.29, 0.717) is 0 Å². The lowest BCUT2D eigenvalue weighted by Gasteiger charge is -2.12. The normalized spacial score (nSPS) is 11.9. The van der Waals surface area contributed by atoms with E-state index in [4.69, 9.17) is 0 Å². The lowest BCUT2D eigenvalue weighted by atomic mass is 10.3. The maximum Gasteiger partial charge on any atom is 0.319 e. The third-order valence-electron chi connectivity index (χ3n) is 2.02. The molecule has 0 heterocycles. The Morgan fingerprint density at radius 1 is 1.36 bits per heavy atom. The lowest BCUT2D eigenvalue weighted by Crippen LogP contribution is -2.35. The van der Waals surface area contributed by atoms with Gasteiger partial charge in [-0.25, -0.2) is 4.79 Å².